The average molecular weight is 565 g/mol. The fraction of sp³-hybridized carbons (Fsp3) is 0.259. The highest BCUT2D eigenvalue weighted by atomic mass is 35.5. The predicted octanol–water partition coefficient (Wildman–Crippen LogP) is 2.85. The van der Waals surface area contributed by atoms with E-state index in [2.05, 4.69) is 20.9 Å². The summed E-state index contributed by atoms with van der Waals surface area (Å²) in [6.07, 6.45) is 4.67. The summed E-state index contributed by atoms with van der Waals surface area (Å²) in [4.78, 5) is 66.1. The summed E-state index contributed by atoms with van der Waals surface area (Å²) < 4.78 is 6.42. The molecule has 3 N–H and O–H groups in total. The lowest BCUT2D eigenvalue weighted by molar-refractivity contribution is -0.136. The molecular weight excluding hydrogens is 540 g/mol. The Hall–Kier alpha value is -4.71. The third-order valence-electron chi connectivity index (χ3n) is 6.66. The topological polar surface area (TPSA) is 152 Å². The summed E-state index contributed by atoms with van der Waals surface area (Å²) in [6, 6.07) is 9.18. The number of piperidine rings is 1. The van der Waals surface area contributed by atoms with Crippen molar-refractivity contribution in [3.05, 3.63) is 82.4 Å². The van der Waals surface area contributed by atoms with Gasteiger partial charge in [-0.15, -0.1) is 0 Å². The molecule has 0 saturated carbocycles. The van der Waals surface area contributed by atoms with E-state index in [0.717, 1.165) is 16.7 Å². The number of halogens is 1. The van der Waals surface area contributed by atoms with E-state index >= 15 is 0 Å². The standard InChI is InChI=1S/C27H25ClN6O6/c28-21-12-19(3-2-17(21)7-10-40-27(39)33-9-8-29-15-33)31-26(38)30-13-16-1-4-20-18(11-16)14-34(25(20)37)22-5-6-23(35)32-24(22)36/h1-4,8-9,11-12,15,22H,5-7,10,13-14H2,(H2,30,31,38)(H,32,35,36). The predicted molar refractivity (Wildman–Crippen MR) is 142 cm³/mol. The van der Waals surface area contributed by atoms with Gasteiger partial charge in [0.05, 0.1) is 6.61 Å². The maximum absolute atomic E-state index is 12.8. The summed E-state index contributed by atoms with van der Waals surface area (Å²) >= 11 is 6.35. The fourth-order valence-corrected chi connectivity index (χ4v) is 4.89. The number of benzene rings is 2. The maximum atomic E-state index is 12.8. The highest BCUT2D eigenvalue weighted by molar-refractivity contribution is 6.31. The number of aromatic nitrogens is 2. The van der Waals surface area contributed by atoms with Crippen molar-refractivity contribution in [2.24, 2.45) is 0 Å². The lowest BCUT2D eigenvalue weighted by Crippen LogP contribution is -2.52. The zero-order valence-electron chi connectivity index (χ0n) is 21.2. The van der Waals surface area contributed by atoms with Crippen LogP contribution in [0, 0.1) is 0 Å². The van der Waals surface area contributed by atoms with E-state index in [1.54, 1.807) is 30.3 Å². The Balaban J connectivity index is 1.11. The Morgan fingerprint density at radius 3 is 2.75 bits per heavy atom. The van der Waals surface area contributed by atoms with Gasteiger partial charge in [0.1, 0.15) is 12.4 Å². The molecule has 13 heteroatoms. The van der Waals surface area contributed by atoms with Gasteiger partial charge < -0.3 is 20.3 Å². The Morgan fingerprint density at radius 1 is 1.15 bits per heavy atom. The van der Waals surface area contributed by atoms with Gasteiger partial charge in [0.15, 0.2) is 0 Å². The Labute approximate surface area is 233 Å². The van der Waals surface area contributed by atoms with Crippen LogP contribution in [0.2, 0.25) is 5.02 Å². The molecule has 1 unspecified atom stereocenters. The summed E-state index contributed by atoms with van der Waals surface area (Å²) in [5.74, 6) is -1.04. The van der Waals surface area contributed by atoms with Gasteiger partial charge in [-0.3, -0.25) is 19.7 Å². The van der Waals surface area contributed by atoms with Gasteiger partial charge in [-0.05, 0) is 41.3 Å². The molecule has 2 aromatic carbocycles. The van der Waals surface area contributed by atoms with Crippen LogP contribution >= 0.6 is 11.6 Å². The second-order valence-corrected chi connectivity index (χ2v) is 9.75. The Morgan fingerprint density at radius 2 is 2.00 bits per heavy atom. The highest BCUT2D eigenvalue weighted by Crippen LogP contribution is 2.28. The number of rotatable bonds is 7. The molecule has 1 atom stereocenters. The Kier molecular flexibility index (Phi) is 7.78. The SMILES string of the molecule is O=C1CCC(N2Cc3cc(CNC(=O)Nc4ccc(CCOC(=O)n5ccnc5)c(Cl)c4)ccc3C2=O)C(=O)N1. The molecule has 0 radical (unpaired) electrons. The average Bonchev–Trinajstić information content (AvgIpc) is 3.57. The van der Waals surface area contributed by atoms with Gasteiger partial charge in [0.2, 0.25) is 11.8 Å². The zero-order chi connectivity index (χ0) is 28.2. The van der Waals surface area contributed by atoms with E-state index in [1.165, 1.54) is 28.2 Å². The number of ether oxygens (including phenoxy) is 1. The molecule has 0 spiro atoms. The van der Waals surface area contributed by atoms with E-state index in [1.807, 2.05) is 6.07 Å². The quantitative estimate of drug-likeness (QED) is 0.373. The summed E-state index contributed by atoms with van der Waals surface area (Å²) in [5.41, 5.74) is 3.29. The number of urea groups is 1. The smallest absolute Gasteiger partial charge is 0.419 e. The van der Waals surface area contributed by atoms with Crippen molar-refractivity contribution in [3.63, 3.8) is 0 Å². The molecule has 5 rings (SSSR count). The van der Waals surface area contributed by atoms with Gasteiger partial charge in [0, 0.05) is 54.6 Å². The normalized spacial score (nSPS) is 16.4. The molecule has 40 heavy (non-hydrogen) atoms. The number of imide groups is 1. The zero-order valence-corrected chi connectivity index (χ0v) is 21.9. The van der Waals surface area contributed by atoms with Gasteiger partial charge in [0.25, 0.3) is 5.91 Å². The van der Waals surface area contributed by atoms with E-state index in [9.17, 15) is 24.0 Å². The molecule has 1 saturated heterocycles. The highest BCUT2D eigenvalue weighted by Gasteiger charge is 2.39. The first-order chi connectivity index (χ1) is 19.3. The molecule has 0 bridgehead atoms. The summed E-state index contributed by atoms with van der Waals surface area (Å²) in [5, 5.41) is 8.20. The van der Waals surface area contributed by atoms with E-state index in [-0.39, 0.29) is 37.9 Å². The number of nitrogens with zero attached hydrogens (tertiary/aromatic N) is 3. The number of hydrogen-bond donors (Lipinski definition) is 3. The summed E-state index contributed by atoms with van der Waals surface area (Å²) in [6.45, 7) is 0.593. The van der Waals surface area contributed by atoms with Crippen molar-refractivity contribution >= 4 is 47.1 Å². The number of carbonyl (C=O) groups is 5. The van der Waals surface area contributed by atoms with Crippen molar-refractivity contribution in [2.75, 3.05) is 11.9 Å². The van der Waals surface area contributed by atoms with Crippen LogP contribution in [0.5, 0.6) is 0 Å². The van der Waals surface area contributed by atoms with Gasteiger partial charge in [-0.1, -0.05) is 29.8 Å². The van der Waals surface area contributed by atoms with Crippen LogP contribution in [0.1, 0.15) is 39.9 Å². The third-order valence-corrected chi connectivity index (χ3v) is 7.02. The molecule has 2 aliphatic rings. The minimum absolute atomic E-state index is 0.127. The van der Waals surface area contributed by atoms with E-state index < -0.39 is 24.1 Å². The van der Waals surface area contributed by atoms with Crippen molar-refractivity contribution in [3.8, 4) is 0 Å². The molecule has 1 fully saturated rings. The molecule has 3 heterocycles. The van der Waals surface area contributed by atoms with Crippen LogP contribution in [-0.2, 0) is 33.8 Å². The monoisotopic (exact) mass is 564 g/mol. The molecule has 12 nitrogen and oxygen atoms in total. The first-order valence-corrected chi connectivity index (χ1v) is 12.9. The number of fused-ring (bicyclic) bond motifs is 1. The lowest BCUT2D eigenvalue weighted by atomic mass is 10.0. The molecule has 2 aliphatic heterocycles. The molecule has 5 amide bonds. The van der Waals surface area contributed by atoms with Gasteiger partial charge in [-0.2, -0.15) is 0 Å². The second-order valence-electron chi connectivity index (χ2n) is 9.34. The molecule has 206 valence electrons. The number of imidazole rings is 1. The largest absolute Gasteiger partial charge is 0.449 e. The van der Waals surface area contributed by atoms with Crippen LogP contribution in [-0.4, -0.2) is 56.9 Å². The number of carbonyl (C=O) groups excluding carboxylic acids is 5. The van der Waals surface area contributed by atoms with E-state index in [4.69, 9.17) is 16.3 Å². The number of anilines is 1. The maximum Gasteiger partial charge on any atom is 0.419 e. The third kappa shape index (κ3) is 5.96. The Bertz CT molecular complexity index is 1490. The number of nitrogens with one attached hydrogen (secondary N) is 3. The van der Waals surface area contributed by atoms with Crippen molar-refractivity contribution in [2.45, 2.75) is 38.4 Å². The molecular formula is C27H25ClN6O6. The minimum atomic E-state index is -0.680. The van der Waals surface area contributed by atoms with Crippen molar-refractivity contribution in [1.29, 1.82) is 0 Å². The van der Waals surface area contributed by atoms with Crippen LogP contribution in [0.3, 0.4) is 0 Å². The van der Waals surface area contributed by atoms with Crippen molar-refractivity contribution in [1.82, 2.24) is 25.1 Å². The minimum Gasteiger partial charge on any atom is -0.449 e. The van der Waals surface area contributed by atoms with Crippen LogP contribution < -0.4 is 16.0 Å². The lowest BCUT2D eigenvalue weighted by Gasteiger charge is -2.29. The summed E-state index contributed by atoms with van der Waals surface area (Å²) in [7, 11) is 0. The van der Waals surface area contributed by atoms with Gasteiger partial charge in [-0.25, -0.2) is 19.1 Å². The fourth-order valence-electron chi connectivity index (χ4n) is 4.61. The van der Waals surface area contributed by atoms with Crippen LogP contribution in [0.4, 0.5) is 15.3 Å². The molecule has 3 aromatic rings. The van der Waals surface area contributed by atoms with E-state index in [0.29, 0.717) is 29.1 Å². The van der Waals surface area contributed by atoms with Crippen LogP contribution in [0.25, 0.3) is 0 Å². The number of hydrogen-bond acceptors (Lipinski definition) is 7. The number of amides is 5. The van der Waals surface area contributed by atoms with Gasteiger partial charge >= 0.3 is 12.1 Å². The van der Waals surface area contributed by atoms with Crippen molar-refractivity contribution < 1.29 is 28.7 Å². The molecule has 1 aromatic heterocycles. The first-order valence-electron chi connectivity index (χ1n) is 12.5. The van der Waals surface area contributed by atoms with Crippen LogP contribution in [0.15, 0.2) is 55.1 Å². The second kappa shape index (κ2) is 11.6. The molecule has 0 aliphatic carbocycles. The first kappa shape index (κ1) is 26.9.